The van der Waals surface area contributed by atoms with Crippen molar-refractivity contribution in [1.29, 1.82) is 0 Å². The topological polar surface area (TPSA) is 93.7 Å². The number of esters is 2. The van der Waals surface area contributed by atoms with E-state index in [1.807, 2.05) is 0 Å². The summed E-state index contributed by atoms with van der Waals surface area (Å²) in [6, 6.07) is 13.1. The maximum absolute atomic E-state index is 12.0. The predicted molar refractivity (Wildman–Crippen MR) is 92.7 cm³/mol. The Kier molecular flexibility index (Phi) is 6.11. The SMILES string of the molecule is COC(=O)c1ccc(NC(=O)CNc2ccccc2C(=O)OC)cc1. The number of methoxy groups -OCH3 is 2. The second-order valence-corrected chi connectivity index (χ2v) is 5.01. The largest absolute Gasteiger partial charge is 0.465 e. The van der Waals surface area contributed by atoms with Crippen LogP contribution >= 0.6 is 0 Å². The summed E-state index contributed by atoms with van der Waals surface area (Å²) in [6.07, 6.45) is 0. The third-order valence-corrected chi connectivity index (χ3v) is 3.36. The van der Waals surface area contributed by atoms with E-state index in [2.05, 4.69) is 15.4 Å². The molecule has 0 saturated heterocycles. The van der Waals surface area contributed by atoms with E-state index in [-0.39, 0.29) is 12.5 Å². The standard InChI is InChI=1S/C18H18N2O5/c1-24-17(22)12-7-9-13(10-8-12)20-16(21)11-19-15-6-4-3-5-14(15)18(23)25-2/h3-10,19H,11H2,1-2H3,(H,20,21). The smallest absolute Gasteiger partial charge is 0.339 e. The predicted octanol–water partition coefficient (Wildman–Crippen LogP) is 2.31. The Labute approximate surface area is 144 Å². The van der Waals surface area contributed by atoms with E-state index in [9.17, 15) is 14.4 Å². The van der Waals surface area contributed by atoms with Crippen LogP contribution in [0.1, 0.15) is 20.7 Å². The molecule has 0 aliphatic carbocycles. The van der Waals surface area contributed by atoms with Gasteiger partial charge in [0.15, 0.2) is 0 Å². The molecule has 0 fully saturated rings. The third-order valence-electron chi connectivity index (χ3n) is 3.36. The molecule has 130 valence electrons. The second-order valence-electron chi connectivity index (χ2n) is 5.01. The lowest BCUT2D eigenvalue weighted by molar-refractivity contribution is -0.114. The van der Waals surface area contributed by atoms with Gasteiger partial charge in [0.05, 0.1) is 31.9 Å². The average molecular weight is 342 g/mol. The van der Waals surface area contributed by atoms with Gasteiger partial charge in [0.2, 0.25) is 5.91 Å². The molecule has 2 N–H and O–H groups in total. The molecule has 0 radical (unpaired) electrons. The highest BCUT2D eigenvalue weighted by atomic mass is 16.5. The molecule has 0 aliphatic rings. The van der Waals surface area contributed by atoms with Crippen LogP contribution in [0.5, 0.6) is 0 Å². The van der Waals surface area contributed by atoms with E-state index in [1.54, 1.807) is 48.5 Å². The van der Waals surface area contributed by atoms with Crippen molar-refractivity contribution in [2.24, 2.45) is 0 Å². The zero-order chi connectivity index (χ0) is 18.2. The van der Waals surface area contributed by atoms with Crippen LogP contribution in [0.3, 0.4) is 0 Å². The zero-order valence-electron chi connectivity index (χ0n) is 13.9. The Hall–Kier alpha value is -3.35. The summed E-state index contributed by atoms with van der Waals surface area (Å²) in [5.41, 5.74) is 1.79. The average Bonchev–Trinajstić information content (AvgIpc) is 2.66. The van der Waals surface area contributed by atoms with E-state index in [4.69, 9.17) is 4.74 Å². The fourth-order valence-corrected chi connectivity index (χ4v) is 2.11. The van der Waals surface area contributed by atoms with Gasteiger partial charge in [-0.15, -0.1) is 0 Å². The number of para-hydroxylation sites is 1. The van der Waals surface area contributed by atoms with Crippen LogP contribution in [0.2, 0.25) is 0 Å². The maximum atomic E-state index is 12.0. The van der Waals surface area contributed by atoms with Crippen LogP contribution in [0.15, 0.2) is 48.5 Å². The molecular formula is C18H18N2O5. The minimum Gasteiger partial charge on any atom is -0.465 e. The summed E-state index contributed by atoms with van der Waals surface area (Å²) in [5, 5.41) is 5.59. The molecule has 0 unspecified atom stereocenters. The van der Waals surface area contributed by atoms with Crippen molar-refractivity contribution in [2.45, 2.75) is 0 Å². The van der Waals surface area contributed by atoms with E-state index in [1.165, 1.54) is 14.2 Å². The lowest BCUT2D eigenvalue weighted by Crippen LogP contribution is -2.22. The van der Waals surface area contributed by atoms with Gasteiger partial charge >= 0.3 is 11.9 Å². The van der Waals surface area contributed by atoms with Gasteiger partial charge in [-0.25, -0.2) is 9.59 Å². The molecule has 25 heavy (non-hydrogen) atoms. The molecule has 7 heteroatoms. The molecular weight excluding hydrogens is 324 g/mol. The highest BCUT2D eigenvalue weighted by molar-refractivity contribution is 5.98. The van der Waals surface area contributed by atoms with Gasteiger partial charge in [-0.05, 0) is 36.4 Å². The van der Waals surface area contributed by atoms with Gasteiger partial charge in [-0.1, -0.05) is 12.1 Å². The first-order valence-corrected chi connectivity index (χ1v) is 7.44. The number of hydrogen-bond acceptors (Lipinski definition) is 6. The lowest BCUT2D eigenvalue weighted by atomic mass is 10.2. The number of nitrogens with one attached hydrogen (secondary N) is 2. The highest BCUT2D eigenvalue weighted by Gasteiger charge is 2.12. The quantitative estimate of drug-likeness (QED) is 0.783. The Bertz CT molecular complexity index is 771. The molecule has 0 aromatic heterocycles. The molecule has 0 atom stereocenters. The third kappa shape index (κ3) is 4.81. The molecule has 0 saturated carbocycles. The number of hydrogen-bond donors (Lipinski definition) is 2. The molecule has 0 aliphatic heterocycles. The summed E-state index contributed by atoms with van der Waals surface area (Å²) in [4.78, 5) is 35.1. The van der Waals surface area contributed by atoms with Crippen LogP contribution in [-0.4, -0.2) is 38.6 Å². The van der Waals surface area contributed by atoms with Crippen molar-refractivity contribution in [2.75, 3.05) is 31.4 Å². The molecule has 7 nitrogen and oxygen atoms in total. The van der Waals surface area contributed by atoms with Crippen LogP contribution in [0.25, 0.3) is 0 Å². The van der Waals surface area contributed by atoms with Gasteiger partial charge in [-0.2, -0.15) is 0 Å². The van der Waals surface area contributed by atoms with Crippen molar-refractivity contribution >= 4 is 29.2 Å². The molecule has 0 heterocycles. The van der Waals surface area contributed by atoms with Crippen LogP contribution < -0.4 is 10.6 Å². The van der Waals surface area contributed by atoms with Crippen LogP contribution in [-0.2, 0) is 14.3 Å². The summed E-state index contributed by atoms with van der Waals surface area (Å²) in [7, 11) is 2.60. The van der Waals surface area contributed by atoms with Crippen LogP contribution in [0, 0.1) is 0 Å². The summed E-state index contributed by atoms with van der Waals surface area (Å²) < 4.78 is 9.31. The van der Waals surface area contributed by atoms with Gasteiger partial charge in [0, 0.05) is 11.4 Å². The molecule has 2 aromatic carbocycles. The van der Waals surface area contributed by atoms with Crippen LogP contribution in [0.4, 0.5) is 11.4 Å². The normalized spacial score (nSPS) is 9.84. The lowest BCUT2D eigenvalue weighted by Gasteiger charge is -2.11. The summed E-state index contributed by atoms with van der Waals surface area (Å²) in [5.74, 6) is -1.23. The van der Waals surface area contributed by atoms with E-state index in [0.29, 0.717) is 22.5 Å². The van der Waals surface area contributed by atoms with Crippen molar-refractivity contribution in [1.82, 2.24) is 0 Å². The number of anilines is 2. The number of carbonyl (C=O) groups is 3. The number of carbonyl (C=O) groups excluding carboxylic acids is 3. The van der Waals surface area contributed by atoms with Crippen molar-refractivity contribution < 1.29 is 23.9 Å². The Balaban J connectivity index is 1.95. The summed E-state index contributed by atoms with van der Waals surface area (Å²) >= 11 is 0. The van der Waals surface area contributed by atoms with Gasteiger partial charge < -0.3 is 20.1 Å². The number of amides is 1. The fraction of sp³-hybridized carbons (Fsp3) is 0.167. The monoisotopic (exact) mass is 342 g/mol. The maximum Gasteiger partial charge on any atom is 0.339 e. The Morgan fingerprint density at radius 3 is 2.16 bits per heavy atom. The van der Waals surface area contributed by atoms with Crippen molar-refractivity contribution in [3.8, 4) is 0 Å². The van der Waals surface area contributed by atoms with E-state index < -0.39 is 11.9 Å². The first kappa shape index (κ1) is 18.0. The molecule has 1 amide bonds. The molecule has 2 rings (SSSR count). The van der Waals surface area contributed by atoms with Gasteiger partial charge in [-0.3, -0.25) is 4.79 Å². The van der Waals surface area contributed by atoms with E-state index in [0.717, 1.165) is 0 Å². The number of ether oxygens (including phenoxy) is 2. The fourth-order valence-electron chi connectivity index (χ4n) is 2.11. The summed E-state index contributed by atoms with van der Waals surface area (Å²) in [6.45, 7) is -0.0350. The Morgan fingerprint density at radius 1 is 0.880 bits per heavy atom. The molecule has 2 aromatic rings. The Morgan fingerprint density at radius 2 is 1.52 bits per heavy atom. The van der Waals surface area contributed by atoms with E-state index >= 15 is 0 Å². The minimum atomic E-state index is -0.484. The number of rotatable bonds is 6. The van der Waals surface area contributed by atoms with Gasteiger partial charge in [0.1, 0.15) is 0 Å². The van der Waals surface area contributed by atoms with Crippen molar-refractivity contribution in [3.05, 3.63) is 59.7 Å². The first-order valence-electron chi connectivity index (χ1n) is 7.44. The molecule has 0 bridgehead atoms. The van der Waals surface area contributed by atoms with Crippen molar-refractivity contribution in [3.63, 3.8) is 0 Å². The molecule has 0 spiro atoms. The minimum absolute atomic E-state index is 0.0350. The first-order chi connectivity index (χ1) is 12.0. The number of benzene rings is 2. The zero-order valence-corrected chi connectivity index (χ0v) is 13.9. The van der Waals surface area contributed by atoms with Gasteiger partial charge in [0.25, 0.3) is 0 Å². The second kappa shape index (κ2) is 8.49. The highest BCUT2D eigenvalue weighted by Crippen LogP contribution is 2.16.